The summed E-state index contributed by atoms with van der Waals surface area (Å²) in [5.74, 6) is -0.979. The van der Waals surface area contributed by atoms with Gasteiger partial charge in [0.2, 0.25) is 0 Å². The second kappa shape index (κ2) is 11.8. The van der Waals surface area contributed by atoms with Crippen molar-refractivity contribution in [3.05, 3.63) is 93.4 Å². The highest BCUT2D eigenvalue weighted by molar-refractivity contribution is 7.80. The maximum Gasteiger partial charge on any atom is 0.325 e. The minimum Gasteiger partial charge on any atom is -0.493 e. The molecule has 0 aromatic heterocycles. The number of carbonyl (C=O) groups is 2. The summed E-state index contributed by atoms with van der Waals surface area (Å²) >= 11 is 18.0. The van der Waals surface area contributed by atoms with Gasteiger partial charge in [-0.25, -0.2) is 4.39 Å². The molecule has 0 radical (unpaired) electrons. The quantitative estimate of drug-likeness (QED) is 0.189. The van der Waals surface area contributed by atoms with E-state index in [2.05, 4.69) is 0 Å². The van der Waals surface area contributed by atoms with Crippen molar-refractivity contribution in [1.29, 1.82) is 0 Å². The second-order valence-corrected chi connectivity index (χ2v) is 9.21. The predicted molar refractivity (Wildman–Crippen MR) is 147 cm³/mol. The van der Waals surface area contributed by atoms with Crippen molar-refractivity contribution in [3.8, 4) is 11.5 Å². The fraction of sp³-hybridized carbons (Fsp3) is 0.148. The molecule has 0 bridgehead atoms. The number of benzene rings is 3. The number of esters is 1. The van der Waals surface area contributed by atoms with Crippen molar-refractivity contribution in [2.24, 2.45) is 0 Å². The maximum absolute atomic E-state index is 14.0. The Bertz CT molecular complexity index is 1430. The highest BCUT2D eigenvalue weighted by Gasteiger charge is 2.40. The van der Waals surface area contributed by atoms with Gasteiger partial charge < -0.3 is 19.1 Å². The molecule has 7 nitrogen and oxygen atoms in total. The number of methoxy groups -OCH3 is 2. The lowest BCUT2D eigenvalue weighted by atomic mass is 10.1. The van der Waals surface area contributed by atoms with E-state index in [1.807, 2.05) is 0 Å². The van der Waals surface area contributed by atoms with Crippen LogP contribution < -0.4 is 14.4 Å². The van der Waals surface area contributed by atoms with Gasteiger partial charge >= 0.3 is 5.97 Å². The van der Waals surface area contributed by atoms with Gasteiger partial charge in [-0.15, -0.1) is 0 Å². The van der Waals surface area contributed by atoms with Crippen LogP contribution in [0.15, 0.2) is 66.4 Å². The number of anilines is 1. The van der Waals surface area contributed by atoms with Crippen LogP contribution in [0.5, 0.6) is 11.5 Å². The van der Waals surface area contributed by atoms with E-state index in [-0.39, 0.29) is 40.5 Å². The standard InChI is InChI=1S/C27H21Cl2FN2O5S/c1-35-23-13-16(11-20(29)25(23)37-15-17-5-3-4-6-21(17)30)12-22-26(34)32(19-9-7-18(28)8-10-19)27(38)31(22)14-24(33)36-2/h3-13H,14-15H2,1-2H3/b22-12-. The lowest BCUT2D eigenvalue weighted by molar-refractivity contribution is -0.140. The summed E-state index contributed by atoms with van der Waals surface area (Å²) in [5, 5.41) is 0.763. The Morgan fingerprint density at radius 2 is 1.79 bits per heavy atom. The van der Waals surface area contributed by atoms with Crippen molar-refractivity contribution < 1.29 is 28.2 Å². The maximum atomic E-state index is 14.0. The number of amides is 1. The lowest BCUT2D eigenvalue weighted by Gasteiger charge is -2.19. The molecule has 1 aliphatic rings. The van der Waals surface area contributed by atoms with Gasteiger partial charge in [0.15, 0.2) is 16.6 Å². The van der Waals surface area contributed by atoms with E-state index in [1.54, 1.807) is 54.6 Å². The number of thiocarbonyl (C=S) groups is 1. The van der Waals surface area contributed by atoms with Crippen LogP contribution in [-0.4, -0.2) is 42.7 Å². The van der Waals surface area contributed by atoms with Gasteiger partial charge in [0.1, 0.15) is 24.7 Å². The largest absolute Gasteiger partial charge is 0.493 e. The number of halogens is 3. The molecule has 1 amide bonds. The van der Waals surface area contributed by atoms with E-state index < -0.39 is 17.7 Å². The molecule has 0 aliphatic carbocycles. The van der Waals surface area contributed by atoms with Crippen LogP contribution in [0.4, 0.5) is 10.1 Å². The zero-order valence-corrected chi connectivity index (χ0v) is 22.6. The summed E-state index contributed by atoms with van der Waals surface area (Å²) in [6.07, 6.45) is 1.53. The van der Waals surface area contributed by atoms with E-state index >= 15 is 0 Å². The van der Waals surface area contributed by atoms with Gasteiger partial charge in [-0.2, -0.15) is 0 Å². The minimum atomic E-state index is -0.587. The first-order valence-electron chi connectivity index (χ1n) is 11.2. The Balaban J connectivity index is 1.70. The third-order valence-corrected chi connectivity index (χ3v) is 6.56. The zero-order valence-electron chi connectivity index (χ0n) is 20.2. The minimum absolute atomic E-state index is 0.0705. The molecule has 1 heterocycles. The monoisotopic (exact) mass is 574 g/mol. The first kappa shape index (κ1) is 27.4. The molecular formula is C27H21Cl2FN2O5S. The number of ether oxygens (including phenoxy) is 3. The molecule has 0 unspecified atom stereocenters. The van der Waals surface area contributed by atoms with Gasteiger partial charge in [-0.3, -0.25) is 14.5 Å². The summed E-state index contributed by atoms with van der Waals surface area (Å²) in [4.78, 5) is 28.3. The normalized spacial score (nSPS) is 14.3. The zero-order chi connectivity index (χ0) is 27.4. The Labute approximate surface area is 233 Å². The third kappa shape index (κ3) is 5.75. The molecule has 196 valence electrons. The van der Waals surface area contributed by atoms with Crippen molar-refractivity contribution >= 4 is 64.2 Å². The van der Waals surface area contributed by atoms with Gasteiger partial charge in [-0.1, -0.05) is 41.4 Å². The lowest BCUT2D eigenvalue weighted by Crippen LogP contribution is -2.35. The fourth-order valence-corrected chi connectivity index (χ4v) is 4.48. The highest BCUT2D eigenvalue weighted by Crippen LogP contribution is 2.38. The number of hydrogen-bond acceptors (Lipinski definition) is 6. The Morgan fingerprint density at radius 1 is 1.08 bits per heavy atom. The second-order valence-electron chi connectivity index (χ2n) is 8.01. The Kier molecular flexibility index (Phi) is 8.51. The van der Waals surface area contributed by atoms with Crippen LogP contribution in [-0.2, 0) is 20.9 Å². The summed E-state index contributed by atoms with van der Waals surface area (Å²) < 4.78 is 30.0. The summed E-state index contributed by atoms with van der Waals surface area (Å²) in [7, 11) is 2.68. The molecular weight excluding hydrogens is 554 g/mol. The fourth-order valence-electron chi connectivity index (χ4n) is 3.73. The van der Waals surface area contributed by atoms with Crippen molar-refractivity contribution in [1.82, 2.24) is 4.90 Å². The molecule has 1 fully saturated rings. The number of nitrogens with zero attached hydrogens (tertiary/aromatic N) is 2. The molecule has 0 spiro atoms. The van der Waals surface area contributed by atoms with E-state index in [0.717, 1.165) is 0 Å². The predicted octanol–water partition coefficient (Wildman–Crippen LogP) is 5.87. The number of carbonyl (C=O) groups excluding carboxylic acids is 2. The molecule has 38 heavy (non-hydrogen) atoms. The summed E-state index contributed by atoms with van der Waals surface area (Å²) in [5.41, 5.74) is 1.43. The Hall–Kier alpha value is -3.66. The number of rotatable bonds is 8. The van der Waals surface area contributed by atoms with Gasteiger partial charge in [0, 0.05) is 10.6 Å². The molecule has 3 aromatic rings. The smallest absolute Gasteiger partial charge is 0.325 e. The molecule has 0 saturated carbocycles. The average molecular weight is 575 g/mol. The summed E-state index contributed by atoms with van der Waals surface area (Å²) in [6, 6.07) is 15.9. The topological polar surface area (TPSA) is 68.3 Å². The SMILES string of the molecule is COC(=O)CN1C(=S)N(c2ccc(Cl)cc2)C(=O)/C1=C/c1cc(Cl)c(OCc2ccccc2F)c(OC)c1. The first-order valence-corrected chi connectivity index (χ1v) is 12.3. The Morgan fingerprint density at radius 3 is 2.45 bits per heavy atom. The van der Waals surface area contributed by atoms with Gasteiger partial charge in [-0.05, 0) is 66.3 Å². The average Bonchev–Trinajstić information content (AvgIpc) is 3.13. The highest BCUT2D eigenvalue weighted by atomic mass is 35.5. The molecule has 0 N–H and O–H groups in total. The van der Waals surface area contributed by atoms with Crippen molar-refractivity contribution in [2.75, 3.05) is 25.7 Å². The molecule has 3 aromatic carbocycles. The molecule has 0 atom stereocenters. The summed E-state index contributed by atoms with van der Waals surface area (Å²) in [6.45, 7) is -0.357. The van der Waals surface area contributed by atoms with Crippen molar-refractivity contribution in [2.45, 2.75) is 6.61 Å². The van der Waals surface area contributed by atoms with Crippen LogP contribution in [0.25, 0.3) is 6.08 Å². The van der Waals surface area contributed by atoms with Crippen LogP contribution >= 0.6 is 35.4 Å². The van der Waals surface area contributed by atoms with E-state index in [4.69, 9.17) is 49.6 Å². The number of hydrogen-bond donors (Lipinski definition) is 0. The van der Waals surface area contributed by atoms with E-state index in [1.165, 1.54) is 36.2 Å². The van der Waals surface area contributed by atoms with Gasteiger partial charge in [0.25, 0.3) is 5.91 Å². The molecule has 11 heteroatoms. The van der Waals surface area contributed by atoms with Crippen LogP contribution in [0.1, 0.15) is 11.1 Å². The molecule has 1 saturated heterocycles. The van der Waals surface area contributed by atoms with E-state index in [9.17, 15) is 14.0 Å². The van der Waals surface area contributed by atoms with E-state index in [0.29, 0.717) is 21.8 Å². The van der Waals surface area contributed by atoms with Crippen LogP contribution in [0, 0.1) is 5.82 Å². The van der Waals surface area contributed by atoms with Crippen LogP contribution in [0.3, 0.4) is 0 Å². The first-order chi connectivity index (χ1) is 18.2. The third-order valence-electron chi connectivity index (χ3n) is 5.62. The molecule has 1 aliphatic heterocycles. The molecule has 4 rings (SSSR count). The van der Waals surface area contributed by atoms with Crippen molar-refractivity contribution in [3.63, 3.8) is 0 Å². The van der Waals surface area contributed by atoms with Gasteiger partial charge in [0.05, 0.1) is 24.9 Å². The van der Waals surface area contributed by atoms with Crippen LogP contribution in [0.2, 0.25) is 10.0 Å².